The van der Waals surface area contributed by atoms with Crippen LogP contribution in [0.15, 0.2) is 18.2 Å². The molecule has 0 aromatic heterocycles. The van der Waals surface area contributed by atoms with Crippen LogP contribution < -0.4 is 11.1 Å². The number of anilines is 1. The molecule has 1 aromatic rings. The van der Waals surface area contributed by atoms with E-state index in [1.54, 1.807) is 19.2 Å². The van der Waals surface area contributed by atoms with Gasteiger partial charge in [-0.3, -0.25) is 4.79 Å². The maximum absolute atomic E-state index is 12.0. The van der Waals surface area contributed by atoms with Crippen LogP contribution in [0.1, 0.15) is 22.3 Å². The second-order valence-electron chi connectivity index (χ2n) is 4.23. The van der Waals surface area contributed by atoms with Crippen molar-refractivity contribution in [2.75, 3.05) is 26.1 Å². The number of hydrogen-bond donors (Lipinski definition) is 3. The van der Waals surface area contributed by atoms with Crippen LogP contribution in [0.25, 0.3) is 0 Å². The molecule has 0 aliphatic heterocycles. The maximum atomic E-state index is 12.0. The molecule has 1 amide bonds. The summed E-state index contributed by atoms with van der Waals surface area (Å²) in [6, 6.07) is 5.09. The van der Waals surface area contributed by atoms with Crippen LogP contribution in [-0.4, -0.2) is 37.4 Å². The number of hydrogen-bond acceptors (Lipinski definition) is 4. The lowest BCUT2D eigenvalue weighted by atomic mass is 10.1. The highest BCUT2D eigenvalue weighted by atomic mass is 16.5. The van der Waals surface area contributed by atoms with Gasteiger partial charge in [-0.15, -0.1) is 0 Å². The minimum absolute atomic E-state index is 0.00237. The largest absolute Gasteiger partial charge is 0.398 e. The number of amides is 1. The lowest BCUT2D eigenvalue weighted by Gasteiger charge is -2.17. The molecular weight excluding hydrogens is 232 g/mol. The third-order valence-electron chi connectivity index (χ3n) is 2.63. The van der Waals surface area contributed by atoms with Crippen molar-refractivity contribution in [1.82, 2.24) is 5.32 Å². The third kappa shape index (κ3) is 4.01. The average molecular weight is 252 g/mol. The number of aliphatic hydroxyl groups is 1. The Labute approximate surface area is 107 Å². The number of aryl methyl sites for hydroxylation is 1. The van der Waals surface area contributed by atoms with Gasteiger partial charge in [-0.1, -0.05) is 11.6 Å². The van der Waals surface area contributed by atoms with Gasteiger partial charge in [-0.25, -0.2) is 0 Å². The van der Waals surface area contributed by atoms with E-state index < -0.39 is 0 Å². The molecule has 0 aliphatic carbocycles. The summed E-state index contributed by atoms with van der Waals surface area (Å²) in [5, 5.41) is 11.7. The standard InChI is InChI=1S/C13H20N2O3/c1-9-3-4-12(14)11(7-9)13(17)15-10(5-6-16)8-18-2/h3-4,7,10,16H,5-6,8,14H2,1-2H3,(H,15,17). The summed E-state index contributed by atoms with van der Waals surface area (Å²) in [4.78, 5) is 12.0. The summed E-state index contributed by atoms with van der Waals surface area (Å²) in [5.74, 6) is -0.244. The van der Waals surface area contributed by atoms with Gasteiger partial charge in [0.05, 0.1) is 18.2 Å². The van der Waals surface area contributed by atoms with Gasteiger partial charge in [0.2, 0.25) is 0 Å². The molecule has 0 fully saturated rings. The zero-order valence-electron chi connectivity index (χ0n) is 10.8. The van der Waals surface area contributed by atoms with Gasteiger partial charge in [0.25, 0.3) is 5.91 Å². The minimum atomic E-state index is -0.244. The molecular formula is C13H20N2O3. The van der Waals surface area contributed by atoms with Crippen molar-refractivity contribution < 1.29 is 14.6 Å². The van der Waals surface area contributed by atoms with Crippen LogP contribution in [0.2, 0.25) is 0 Å². The smallest absolute Gasteiger partial charge is 0.253 e. The van der Waals surface area contributed by atoms with Crippen LogP contribution in [0.5, 0.6) is 0 Å². The Hall–Kier alpha value is -1.59. The van der Waals surface area contributed by atoms with Crippen molar-refractivity contribution in [2.24, 2.45) is 0 Å². The number of nitrogens with two attached hydrogens (primary N) is 1. The van der Waals surface area contributed by atoms with Crippen molar-refractivity contribution in [3.05, 3.63) is 29.3 Å². The Balaban J connectivity index is 2.76. The first-order valence-electron chi connectivity index (χ1n) is 5.85. The van der Waals surface area contributed by atoms with E-state index in [9.17, 15) is 4.79 Å². The molecule has 1 rings (SSSR count). The number of carbonyl (C=O) groups is 1. The van der Waals surface area contributed by atoms with Gasteiger partial charge in [0.1, 0.15) is 0 Å². The molecule has 0 heterocycles. The van der Waals surface area contributed by atoms with E-state index in [4.69, 9.17) is 15.6 Å². The normalized spacial score (nSPS) is 12.2. The summed E-state index contributed by atoms with van der Waals surface area (Å²) < 4.78 is 4.99. The van der Waals surface area contributed by atoms with Gasteiger partial charge in [0, 0.05) is 19.4 Å². The van der Waals surface area contributed by atoms with E-state index in [0.29, 0.717) is 24.3 Å². The van der Waals surface area contributed by atoms with E-state index in [1.165, 1.54) is 0 Å². The van der Waals surface area contributed by atoms with Gasteiger partial charge < -0.3 is 20.9 Å². The van der Waals surface area contributed by atoms with Crippen molar-refractivity contribution in [1.29, 1.82) is 0 Å². The van der Waals surface area contributed by atoms with E-state index in [1.807, 2.05) is 13.0 Å². The van der Waals surface area contributed by atoms with Crippen LogP contribution in [0.3, 0.4) is 0 Å². The Kier molecular flexibility index (Phi) is 5.61. The van der Waals surface area contributed by atoms with Crippen molar-refractivity contribution >= 4 is 11.6 Å². The van der Waals surface area contributed by atoms with Crippen molar-refractivity contribution in [3.63, 3.8) is 0 Å². The van der Waals surface area contributed by atoms with Crippen molar-refractivity contribution in [2.45, 2.75) is 19.4 Å². The van der Waals surface area contributed by atoms with Crippen LogP contribution in [-0.2, 0) is 4.74 Å². The highest BCUT2D eigenvalue weighted by molar-refractivity contribution is 5.99. The molecule has 5 heteroatoms. The Morgan fingerprint density at radius 2 is 2.28 bits per heavy atom. The number of aliphatic hydroxyl groups excluding tert-OH is 1. The van der Waals surface area contributed by atoms with Gasteiger partial charge in [0.15, 0.2) is 0 Å². The minimum Gasteiger partial charge on any atom is -0.398 e. The maximum Gasteiger partial charge on any atom is 0.253 e. The number of rotatable bonds is 6. The second kappa shape index (κ2) is 6.98. The Bertz CT molecular complexity index is 401. The molecule has 0 saturated carbocycles. The Morgan fingerprint density at radius 1 is 1.56 bits per heavy atom. The van der Waals surface area contributed by atoms with Gasteiger partial charge in [-0.05, 0) is 25.5 Å². The fourth-order valence-electron chi connectivity index (χ4n) is 1.68. The number of methoxy groups -OCH3 is 1. The monoisotopic (exact) mass is 252 g/mol. The summed E-state index contributed by atoms with van der Waals surface area (Å²) in [7, 11) is 1.55. The Morgan fingerprint density at radius 3 is 2.89 bits per heavy atom. The van der Waals surface area contributed by atoms with E-state index in [2.05, 4.69) is 5.32 Å². The lowest BCUT2D eigenvalue weighted by molar-refractivity contribution is 0.0879. The molecule has 4 N–H and O–H groups in total. The molecule has 1 atom stereocenters. The SMILES string of the molecule is COCC(CCO)NC(=O)c1cc(C)ccc1N. The zero-order valence-corrected chi connectivity index (χ0v) is 10.8. The summed E-state index contributed by atoms with van der Waals surface area (Å²) in [6.45, 7) is 2.26. The van der Waals surface area contributed by atoms with Crippen molar-refractivity contribution in [3.8, 4) is 0 Å². The predicted octanol–water partition coefficient (Wildman–Crippen LogP) is 0.704. The second-order valence-corrected chi connectivity index (χ2v) is 4.23. The third-order valence-corrected chi connectivity index (χ3v) is 2.63. The average Bonchev–Trinajstić information content (AvgIpc) is 2.33. The van der Waals surface area contributed by atoms with E-state index >= 15 is 0 Å². The summed E-state index contributed by atoms with van der Waals surface area (Å²) in [5.41, 5.74) is 7.64. The number of carbonyl (C=O) groups excluding carboxylic acids is 1. The number of benzene rings is 1. The summed E-state index contributed by atoms with van der Waals surface area (Å²) >= 11 is 0. The molecule has 100 valence electrons. The van der Waals surface area contributed by atoms with Gasteiger partial charge in [-0.2, -0.15) is 0 Å². The lowest BCUT2D eigenvalue weighted by Crippen LogP contribution is -2.39. The molecule has 0 spiro atoms. The summed E-state index contributed by atoms with van der Waals surface area (Å²) in [6.07, 6.45) is 0.450. The van der Waals surface area contributed by atoms with Gasteiger partial charge >= 0.3 is 0 Å². The molecule has 0 bridgehead atoms. The molecule has 0 radical (unpaired) electrons. The zero-order chi connectivity index (χ0) is 13.5. The number of nitrogen functional groups attached to an aromatic ring is 1. The van der Waals surface area contributed by atoms with Crippen LogP contribution >= 0.6 is 0 Å². The first-order valence-corrected chi connectivity index (χ1v) is 5.85. The molecule has 18 heavy (non-hydrogen) atoms. The molecule has 0 aliphatic rings. The topological polar surface area (TPSA) is 84.6 Å². The van der Waals surface area contributed by atoms with E-state index in [0.717, 1.165) is 5.56 Å². The highest BCUT2D eigenvalue weighted by Gasteiger charge is 2.15. The molecule has 1 unspecified atom stereocenters. The van der Waals surface area contributed by atoms with Crippen LogP contribution in [0.4, 0.5) is 5.69 Å². The fourth-order valence-corrected chi connectivity index (χ4v) is 1.68. The predicted molar refractivity (Wildman–Crippen MR) is 70.4 cm³/mol. The quantitative estimate of drug-likeness (QED) is 0.651. The highest BCUT2D eigenvalue weighted by Crippen LogP contribution is 2.13. The molecule has 0 saturated heterocycles. The number of nitrogens with one attached hydrogen (secondary N) is 1. The first-order chi connectivity index (χ1) is 8.58. The molecule has 5 nitrogen and oxygen atoms in total. The van der Waals surface area contributed by atoms with E-state index in [-0.39, 0.29) is 18.6 Å². The van der Waals surface area contributed by atoms with Crippen LogP contribution in [0, 0.1) is 6.92 Å². The fraction of sp³-hybridized carbons (Fsp3) is 0.462. The first kappa shape index (κ1) is 14.5. The number of ether oxygens (including phenoxy) is 1. The molecule has 1 aromatic carbocycles.